The van der Waals surface area contributed by atoms with Gasteiger partial charge in [-0.2, -0.15) is 0 Å². The fourth-order valence-corrected chi connectivity index (χ4v) is 4.11. The van der Waals surface area contributed by atoms with Crippen LogP contribution in [0, 0.1) is 25.5 Å². The first kappa shape index (κ1) is 22.0. The molecule has 0 fully saturated rings. The number of nitrogens with zero attached hydrogens (tertiary/aromatic N) is 1. The Morgan fingerprint density at radius 2 is 1.79 bits per heavy atom. The van der Waals surface area contributed by atoms with E-state index in [1.165, 1.54) is 18.0 Å². The summed E-state index contributed by atoms with van der Waals surface area (Å²) in [5, 5.41) is 0. The molecule has 8 heteroatoms. The van der Waals surface area contributed by atoms with Gasteiger partial charge < -0.3 is 4.90 Å². The van der Waals surface area contributed by atoms with Crippen molar-refractivity contribution in [2.24, 2.45) is 0 Å². The number of aryl methyl sites for hydroxylation is 2. The van der Waals surface area contributed by atoms with Crippen molar-refractivity contribution in [2.75, 3.05) is 13.6 Å². The van der Waals surface area contributed by atoms with E-state index in [4.69, 9.17) is 0 Å². The summed E-state index contributed by atoms with van der Waals surface area (Å²) in [6.45, 7) is 5.13. The molecule has 0 bridgehead atoms. The van der Waals surface area contributed by atoms with Gasteiger partial charge in [-0.25, -0.2) is 21.9 Å². The van der Waals surface area contributed by atoms with Crippen LogP contribution in [0.4, 0.5) is 8.78 Å². The number of halogens is 2. The number of carbonyl (C=O) groups is 1. The van der Waals surface area contributed by atoms with Crippen LogP contribution in [0.5, 0.6) is 0 Å². The van der Waals surface area contributed by atoms with Crippen LogP contribution in [-0.4, -0.2) is 32.8 Å². The molecule has 2 aromatic rings. The molecule has 5 nitrogen and oxygen atoms in total. The summed E-state index contributed by atoms with van der Waals surface area (Å²) in [7, 11) is -2.19. The third-order valence-electron chi connectivity index (χ3n) is 4.66. The number of hydrogen-bond acceptors (Lipinski definition) is 3. The Balaban J connectivity index is 1.99. The van der Waals surface area contributed by atoms with Crippen LogP contribution in [0.2, 0.25) is 0 Å². The highest BCUT2D eigenvalue weighted by molar-refractivity contribution is 7.89. The van der Waals surface area contributed by atoms with Crippen molar-refractivity contribution in [3.8, 4) is 0 Å². The van der Waals surface area contributed by atoms with Gasteiger partial charge >= 0.3 is 0 Å². The molecule has 2 aromatic carbocycles. The Kier molecular flexibility index (Phi) is 6.90. The van der Waals surface area contributed by atoms with Crippen LogP contribution in [0.3, 0.4) is 0 Å². The zero-order valence-electron chi connectivity index (χ0n) is 16.3. The molecule has 152 valence electrons. The molecule has 1 amide bonds. The van der Waals surface area contributed by atoms with Crippen molar-refractivity contribution in [1.82, 2.24) is 9.62 Å². The maximum atomic E-state index is 13.4. The predicted octanol–water partition coefficient (Wildman–Crippen LogP) is 3.47. The molecule has 1 atom stereocenters. The van der Waals surface area contributed by atoms with Gasteiger partial charge in [-0.3, -0.25) is 4.79 Å². The van der Waals surface area contributed by atoms with E-state index in [1.54, 1.807) is 32.9 Å². The summed E-state index contributed by atoms with van der Waals surface area (Å²) in [6.07, 6.45) is -0.0609. The highest BCUT2D eigenvalue weighted by Gasteiger charge is 2.21. The number of amides is 1. The van der Waals surface area contributed by atoms with Crippen molar-refractivity contribution in [1.29, 1.82) is 0 Å². The van der Waals surface area contributed by atoms with Crippen molar-refractivity contribution in [2.45, 2.75) is 38.1 Å². The summed E-state index contributed by atoms with van der Waals surface area (Å²) in [5.74, 6) is -2.25. The number of carbonyl (C=O) groups excluding carboxylic acids is 1. The molecule has 0 aliphatic carbocycles. The van der Waals surface area contributed by atoms with E-state index in [1.807, 2.05) is 6.07 Å². The van der Waals surface area contributed by atoms with Gasteiger partial charge in [-0.15, -0.1) is 0 Å². The SMILES string of the molecule is Cc1ccc(C)c(S(=O)(=O)NCCC(=O)N(C)C(C)c2ccc(F)c(F)c2)c1. The van der Waals surface area contributed by atoms with Crippen LogP contribution in [0.25, 0.3) is 0 Å². The maximum Gasteiger partial charge on any atom is 0.240 e. The summed E-state index contributed by atoms with van der Waals surface area (Å²) < 4.78 is 53.9. The Morgan fingerprint density at radius 3 is 2.43 bits per heavy atom. The lowest BCUT2D eigenvalue weighted by Gasteiger charge is -2.25. The van der Waals surface area contributed by atoms with E-state index in [0.717, 1.165) is 17.7 Å². The number of benzene rings is 2. The first-order valence-electron chi connectivity index (χ1n) is 8.80. The highest BCUT2D eigenvalue weighted by Crippen LogP contribution is 2.21. The van der Waals surface area contributed by atoms with Crippen LogP contribution >= 0.6 is 0 Å². The van der Waals surface area contributed by atoms with Gasteiger partial charge in [0, 0.05) is 20.0 Å². The smallest absolute Gasteiger partial charge is 0.240 e. The van der Waals surface area contributed by atoms with E-state index >= 15 is 0 Å². The third-order valence-corrected chi connectivity index (χ3v) is 6.27. The second kappa shape index (κ2) is 8.79. The van der Waals surface area contributed by atoms with Crippen LogP contribution in [0.15, 0.2) is 41.3 Å². The minimum absolute atomic E-state index is 0.0609. The van der Waals surface area contributed by atoms with Gasteiger partial charge in [0.1, 0.15) is 0 Å². The first-order chi connectivity index (χ1) is 13.0. The summed E-state index contributed by atoms with van der Waals surface area (Å²) >= 11 is 0. The van der Waals surface area contributed by atoms with Gasteiger partial charge in [-0.05, 0) is 55.7 Å². The third kappa shape index (κ3) is 5.14. The minimum Gasteiger partial charge on any atom is -0.339 e. The number of rotatable bonds is 7. The van der Waals surface area contributed by atoms with E-state index in [9.17, 15) is 22.0 Å². The molecular formula is C20H24F2N2O3S. The van der Waals surface area contributed by atoms with E-state index in [2.05, 4.69) is 4.72 Å². The Morgan fingerprint density at radius 1 is 1.11 bits per heavy atom. The lowest BCUT2D eigenvalue weighted by molar-refractivity contribution is -0.131. The fourth-order valence-electron chi connectivity index (χ4n) is 2.76. The fraction of sp³-hybridized carbons (Fsp3) is 0.350. The quantitative estimate of drug-likeness (QED) is 0.760. The Hall–Kier alpha value is -2.32. The topological polar surface area (TPSA) is 66.5 Å². The molecule has 0 aromatic heterocycles. The molecule has 0 saturated carbocycles. The average Bonchev–Trinajstić information content (AvgIpc) is 2.64. The normalized spacial score (nSPS) is 12.6. The van der Waals surface area contributed by atoms with E-state index < -0.39 is 27.7 Å². The summed E-state index contributed by atoms with van der Waals surface area (Å²) in [5.41, 5.74) is 1.89. The van der Waals surface area contributed by atoms with Crippen LogP contribution in [-0.2, 0) is 14.8 Å². The predicted molar refractivity (Wildman–Crippen MR) is 103 cm³/mol. The van der Waals surface area contributed by atoms with Gasteiger partial charge in [0.25, 0.3) is 0 Å². The van der Waals surface area contributed by atoms with Crippen molar-refractivity contribution < 1.29 is 22.0 Å². The standard InChI is InChI=1S/C20H24F2N2O3S/c1-13-5-6-14(2)19(11-13)28(26,27)23-10-9-20(25)24(4)15(3)16-7-8-17(21)18(22)12-16/h5-8,11-12,15,23H,9-10H2,1-4H3. The molecule has 0 radical (unpaired) electrons. The Bertz CT molecular complexity index is 977. The second-order valence-corrected chi connectivity index (χ2v) is 8.51. The molecule has 0 heterocycles. The molecule has 0 saturated heterocycles. The molecular weight excluding hydrogens is 386 g/mol. The summed E-state index contributed by atoms with van der Waals surface area (Å²) in [4.78, 5) is 13.9. The van der Waals surface area contributed by atoms with Crippen LogP contribution < -0.4 is 4.72 Å². The summed E-state index contributed by atoms with van der Waals surface area (Å²) in [6, 6.07) is 8.12. The first-order valence-corrected chi connectivity index (χ1v) is 10.3. The van der Waals surface area contributed by atoms with Crippen molar-refractivity contribution in [3.63, 3.8) is 0 Å². The van der Waals surface area contributed by atoms with Gasteiger partial charge in [0.2, 0.25) is 15.9 Å². The highest BCUT2D eigenvalue weighted by atomic mass is 32.2. The monoisotopic (exact) mass is 410 g/mol. The second-order valence-electron chi connectivity index (χ2n) is 6.77. The molecule has 0 aliphatic heterocycles. The molecule has 2 rings (SSSR count). The van der Waals surface area contributed by atoms with Gasteiger partial charge in [0.05, 0.1) is 10.9 Å². The zero-order chi connectivity index (χ0) is 21.1. The van der Waals surface area contributed by atoms with Crippen molar-refractivity contribution >= 4 is 15.9 Å². The average molecular weight is 410 g/mol. The van der Waals surface area contributed by atoms with Gasteiger partial charge in [0.15, 0.2) is 11.6 Å². The maximum absolute atomic E-state index is 13.4. The number of sulfonamides is 1. The largest absolute Gasteiger partial charge is 0.339 e. The zero-order valence-corrected chi connectivity index (χ0v) is 17.1. The van der Waals surface area contributed by atoms with E-state index in [0.29, 0.717) is 11.1 Å². The molecule has 0 aliphatic rings. The molecule has 0 spiro atoms. The lowest BCUT2D eigenvalue weighted by atomic mass is 10.1. The number of nitrogens with one attached hydrogen (secondary N) is 1. The van der Waals surface area contributed by atoms with E-state index in [-0.39, 0.29) is 23.8 Å². The van der Waals surface area contributed by atoms with Crippen molar-refractivity contribution in [3.05, 3.63) is 64.7 Å². The molecule has 1 N–H and O–H groups in total. The number of hydrogen-bond donors (Lipinski definition) is 1. The van der Waals surface area contributed by atoms with Gasteiger partial charge in [-0.1, -0.05) is 18.2 Å². The Labute approximate surface area is 164 Å². The lowest BCUT2D eigenvalue weighted by Crippen LogP contribution is -2.34. The minimum atomic E-state index is -3.73. The van der Waals surface area contributed by atoms with Crippen LogP contribution in [0.1, 0.15) is 36.1 Å². The molecule has 28 heavy (non-hydrogen) atoms. The molecule has 1 unspecified atom stereocenters.